The highest BCUT2D eigenvalue weighted by molar-refractivity contribution is 4.99. The van der Waals surface area contributed by atoms with Gasteiger partial charge in [0.15, 0.2) is 0 Å². The van der Waals surface area contributed by atoms with Crippen LogP contribution >= 0.6 is 0 Å². The Hall–Kier alpha value is -0.0800. The largest absolute Gasteiger partial charge is 0.301 e. The van der Waals surface area contributed by atoms with Crippen molar-refractivity contribution in [2.75, 3.05) is 7.11 Å². The molecule has 0 atom stereocenters. The van der Waals surface area contributed by atoms with Gasteiger partial charge < -0.3 is 4.84 Å². The highest BCUT2D eigenvalue weighted by atomic mass is 16.7. The standard InChI is InChI=1S/C10H20NO/c1-9(2)7-6-8-10(3,4)11(9)12-5/h6H,7-8H2,1-5H3. The van der Waals surface area contributed by atoms with Crippen LogP contribution in [-0.2, 0) is 4.84 Å². The smallest absolute Gasteiger partial charge is 0.0575 e. The van der Waals surface area contributed by atoms with E-state index in [-0.39, 0.29) is 11.1 Å². The van der Waals surface area contributed by atoms with Gasteiger partial charge in [0.05, 0.1) is 7.11 Å². The van der Waals surface area contributed by atoms with Gasteiger partial charge in [-0.1, -0.05) is 0 Å². The van der Waals surface area contributed by atoms with Crippen molar-refractivity contribution in [3.63, 3.8) is 0 Å². The molecule has 0 aromatic carbocycles. The molecule has 1 fully saturated rings. The Morgan fingerprint density at radius 3 is 1.75 bits per heavy atom. The maximum absolute atomic E-state index is 5.44. The minimum Gasteiger partial charge on any atom is -0.301 e. The first-order valence-electron chi connectivity index (χ1n) is 4.56. The quantitative estimate of drug-likeness (QED) is 0.599. The molecule has 0 saturated carbocycles. The van der Waals surface area contributed by atoms with Crippen LogP contribution in [0.15, 0.2) is 0 Å². The van der Waals surface area contributed by atoms with E-state index >= 15 is 0 Å². The zero-order valence-electron chi connectivity index (χ0n) is 8.85. The molecule has 1 radical (unpaired) electrons. The first-order chi connectivity index (χ1) is 5.40. The molecule has 1 rings (SSSR count). The van der Waals surface area contributed by atoms with Gasteiger partial charge in [-0.3, -0.25) is 0 Å². The summed E-state index contributed by atoms with van der Waals surface area (Å²) in [7, 11) is 1.76. The van der Waals surface area contributed by atoms with Gasteiger partial charge in [0.25, 0.3) is 0 Å². The molecular formula is C10H20NO. The Morgan fingerprint density at radius 1 is 1.08 bits per heavy atom. The SMILES string of the molecule is CON1C(C)(C)C[CH]CC1(C)C. The van der Waals surface area contributed by atoms with E-state index < -0.39 is 0 Å². The van der Waals surface area contributed by atoms with Gasteiger partial charge in [0.2, 0.25) is 0 Å². The molecule has 2 nitrogen and oxygen atoms in total. The van der Waals surface area contributed by atoms with Crippen molar-refractivity contribution < 1.29 is 4.84 Å². The second-order valence-corrected chi connectivity index (χ2v) is 4.80. The summed E-state index contributed by atoms with van der Waals surface area (Å²) in [4.78, 5) is 5.44. The fourth-order valence-corrected chi connectivity index (χ4v) is 2.26. The fourth-order valence-electron chi connectivity index (χ4n) is 2.26. The van der Waals surface area contributed by atoms with Crippen LogP contribution in [0, 0.1) is 6.42 Å². The molecule has 0 N–H and O–H groups in total. The predicted octanol–water partition coefficient (Wildman–Crippen LogP) is 2.41. The van der Waals surface area contributed by atoms with Crippen molar-refractivity contribution in [2.45, 2.75) is 51.6 Å². The number of hydrogen-bond acceptors (Lipinski definition) is 2. The summed E-state index contributed by atoms with van der Waals surface area (Å²) in [5.74, 6) is 0. The third kappa shape index (κ3) is 1.64. The molecule has 2 heteroatoms. The Kier molecular flexibility index (Phi) is 2.50. The minimum absolute atomic E-state index is 0.135. The van der Waals surface area contributed by atoms with E-state index in [4.69, 9.17) is 4.84 Å². The fraction of sp³-hybridized carbons (Fsp3) is 0.900. The molecule has 1 aliphatic heterocycles. The molecule has 0 amide bonds. The summed E-state index contributed by atoms with van der Waals surface area (Å²) in [6.07, 6.45) is 4.56. The van der Waals surface area contributed by atoms with Crippen LogP contribution in [-0.4, -0.2) is 23.3 Å². The van der Waals surface area contributed by atoms with E-state index in [2.05, 4.69) is 39.2 Å². The van der Waals surface area contributed by atoms with Crippen molar-refractivity contribution in [3.05, 3.63) is 6.42 Å². The molecule has 0 bridgehead atoms. The lowest BCUT2D eigenvalue weighted by atomic mass is 9.82. The average Bonchev–Trinajstić information content (AvgIpc) is 1.83. The van der Waals surface area contributed by atoms with Crippen LogP contribution in [0.3, 0.4) is 0 Å². The molecule has 0 spiro atoms. The van der Waals surface area contributed by atoms with Crippen molar-refractivity contribution in [1.29, 1.82) is 0 Å². The second kappa shape index (κ2) is 3.00. The van der Waals surface area contributed by atoms with Crippen LogP contribution < -0.4 is 0 Å². The Balaban J connectivity index is 2.81. The highest BCUT2D eigenvalue weighted by Crippen LogP contribution is 2.37. The third-order valence-electron chi connectivity index (χ3n) is 2.57. The van der Waals surface area contributed by atoms with Crippen molar-refractivity contribution in [1.82, 2.24) is 5.06 Å². The van der Waals surface area contributed by atoms with Gasteiger partial charge in [-0.25, -0.2) is 0 Å². The summed E-state index contributed by atoms with van der Waals surface area (Å²) in [5.41, 5.74) is 0.271. The van der Waals surface area contributed by atoms with Crippen LogP contribution in [0.2, 0.25) is 0 Å². The Bertz CT molecular complexity index is 147. The number of hydroxylamine groups is 2. The molecule has 0 unspecified atom stereocenters. The summed E-state index contributed by atoms with van der Waals surface area (Å²) in [5, 5.41) is 2.11. The van der Waals surface area contributed by atoms with Gasteiger partial charge >= 0.3 is 0 Å². The van der Waals surface area contributed by atoms with Crippen LogP contribution in [0.1, 0.15) is 40.5 Å². The Morgan fingerprint density at radius 2 is 1.50 bits per heavy atom. The van der Waals surface area contributed by atoms with Gasteiger partial charge in [0.1, 0.15) is 0 Å². The van der Waals surface area contributed by atoms with E-state index in [0.29, 0.717) is 0 Å². The van der Waals surface area contributed by atoms with Crippen molar-refractivity contribution >= 4 is 0 Å². The average molecular weight is 170 g/mol. The zero-order chi connectivity index (χ0) is 9.41. The normalized spacial score (nSPS) is 28.8. The molecule has 0 aromatic rings. The topological polar surface area (TPSA) is 12.5 Å². The van der Waals surface area contributed by atoms with E-state index in [0.717, 1.165) is 12.8 Å². The Labute approximate surface area is 75.8 Å². The molecule has 0 aliphatic carbocycles. The third-order valence-corrected chi connectivity index (χ3v) is 2.57. The number of nitrogens with zero attached hydrogens (tertiary/aromatic N) is 1. The second-order valence-electron chi connectivity index (χ2n) is 4.80. The summed E-state index contributed by atoms with van der Waals surface area (Å²) in [6.45, 7) is 8.86. The zero-order valence-corrected chi connectivity index (χ0v) is 8.85. The monoisotopic (exact) mass is 170 g/mol. The van der Waals surface area contributed by atoms with E-state index in [1.807, 2.05) is 0 Å². The van der Waals surface area contributed by atoms with E-state index in [1.165, 1.54) is 0 Å². The van der Waals surface area contributed by atoms with Crippen molar-refractivity contribution in [2.24, 2.45) is 0 Å². The number of hydrogen-bond donors (Lipinski definition) is 0. The lowest BCUT2D eigenvalue weighted by Crippen LogP contribution is -2.57. The van der Waals surface area contributed by atoms with Gasteiger partial charge in [0, 0.05) is 11.1 Å². The highest BCUT2D eigenvalue weighted by Gasteiger charge is 2.41. The van der Waals surface area contributed by atoms with Crippen LogP contribution in [0.4, 0.5) is 0 Å². The van der Waals surface area contributed by atoms with E-state index in [1.54, 1.807) is 7.11 Å². The van der Waals surface area contributed by atoms with Gasteiger partial charge in [-0.05, 0) is 47.0 Å². The lowest BCUT2D eigenvalue weighted by molar-refractivity contribution is -0.256. The molecule has 12 heavy (non-hydrogen) atoms. The number of piperidine rings is 1. The summed E-state index contributed by atoms with van der Waals surface area (Å²) < 4.78 is 0. The first-order valence-corrected chi connectivity index (χ1v) is 4.56. The van der Waals surface area contributed by atoms with Crippen LogP contribution in [0.5, 0.6) is 0 Å². The summed E-state index contributed by atoms with van der Waals surface area (Å²) >= 11 is 0. The van der Waals surface area contributed by atoms with Crippen molar-refractivity contribution in [3.8, 4) is 0 Å². The molecule has 1 saturated heterocycles. The van der Waals surface area contributed by atoms with Gasteiger partial charge in [-0.15, -0.1) is 0 Å². The molecule has 1 heterocycles. The number of rotatable bonds is 1. The lowest BCUT2D eigenvalue weighted by Gasteiger charge is -2.50. The first kappa shape index (κ1) is 10.0. The maximum Gasteiger partial charge on any atom is 0.0575 e. The molecule has 1 aliphatic rings. The predicted molar refractivity (Wildman–Crippen MR) is 50.5 cm³/mol. The summed E-state index contributed by atoms with van der Waals surface area (Å²) in [6, 6.07) is 0. The molecular weight excluding hydrogens is 150 g/mol. The molecule has 0 aromatic heterocycles. The van der Waals surface area contributed by atoms with Crippen LogP contribution in [0.25, 0.3) is 0 Å². The van der Waals surface area contributed by atoms with Gasteiger partial charge in [-0.2, -0.15) is 5.06 Å². The molecule has 71 valence electrons. The van der Waals surface area contributed by atoms with E-state index in [9.17, 15) is 0 Å². The maximum atomic E-state index is 5.44. The minimum atomic E-state index is 0.135.